The van der Waals surface area contributed by atoms with Gasteiger partial charge in [-0.3, -0.25) is 4.79 Å². The van der Waals surface area contributed by atoms with Crippen LogP contribution in [0.3, 0.4) is 0 Å². The third-order valence-electron chi connectivity index (χ3n) is 3.73. The van der Waals surface area contributed by atoms with Crippen LogP contribution in [0.25, 0.3) is 0 Å². The molecule has 0 atom stereocenters. The molecule has 2 aromatic carbocycles. The fraction of sp³-hybridized carbons (Fsp3) is 0.235. The number of rotatable bonds is 1. The zero-order valence-corrected chi connectivity index (χ0v) is 11.5. The molecule has 2 nitrogen and oxygen atoms in total. The van der Waals surface area contributed by atoms with Gasteiger partial charge in [-0.15, -0.1) is 0 Å². The summed E-state index contributed by atoms with van der Waals surface area (Å²) in [4.78, 5) is 14.4. The van der Waals surface area contributed by atoms with Gasteiger partial charge in [-0.1, -0.05) is 35.9 Å². The number of benzene rings is 2. The summed E-state index contributed by atoms with van der Waals surface area (Å²) in [7, 11) is 0. The zero-order valence-electron chi connectivity index (χ0n) is 11.5. The molecule has 0 aromatic heterocycles. The SMILES string of the molecule is Cc1cc(C)c(N2Cc3ccccc3C2=O)c(C)c1. The summed E-state index contributed by atoms with van der Waals surface area (Å²) >= 11 is 0. The van der Waals surface area contributed by atoms with Crippen LogP contribution in [0, 0.1) is 20.8 Å². The smallest absolute Gasteiger partial charge is 0.258 e. The molecule has 1 aliphatic heterocycles. The van der Waals surface area contributed by atoms with Gasteiger partial charge in [-0.2, -0.15) is 0 Å². The van der Waals surface area contributed by atoms with Gasteiger partial charge in [0.25, 0.3) is 5.91 Å². The van der Waals surface area contributed by atoms with Crippen molar-refractivity contribution >= 4 is 11.6 Å². The second-order valence-corrected chi connectivity index (χ2v) is 5.30. The predicted octanol–water partition coefficient (Wildman–Crippen LogP) is 3.77. The van der Waals surface area contributed by atoms with Crippen LogP contribution in [0.1, 0.15) is 32.6 Å². The molecule has 0 saturated carbocycles. The lowest BCUT2D eigenvalue weighted by molar-refractivity contribution is 0.0996. The van der Waals surface area contributed by atoms with Crippen molar-refractivity contribution in [2.24, 2.45) is 0 Å². The van der Waals surface area contributed by atoms with Crippen LogP contribution in [-0.4, -0.2) is 5.91 Å². The molecule has 1 heterocycles. The maximum Gasteiger partial charge on any atom is 0.258 e. The molecule has 0 N–H and O–H groups in total. The summed E-state index contributed by atoms with van der Waals surface area (Å²) < 4.78 is 0. The molecule has 1 amide bonds. The second-order valence-electron chi connectivity index (χ2n) is 5.30. The van der Waals surface area contributed by atoms with Gasteiger partial charge in [0.05, 0.1) is 12.2 Å². The van der Waals surface area contributed by atoms with E-state index in [1.165, 1.54) is 16.7 Å². The fourth-order valence-corrected chi connectivity index (χ4v) is 3.03. The number of hydrogen-bond donors (Lipinski definition) is 0. The lowest BCUT2D eigenvalue weighted by atomic mass is 10.0. The largest absolute Gasteiger partial charge is 0.303 e. The van der Waals surface area contributed by atoms with Gasteiger partial charge in [-0.05, 0) is 43.5 Å². The van der Waals surface area contributed by atoms with Crippen molar-refractivity contribution in [2.75, 3.05) is 4.90 Å². The molecule has 0 unspecified atom stereocenters. The van der Waals surface area contributed by atoms with Crippen molar-refractivity contribution in [3.8, 4) is 0 Å². The van der Waals surface area contributed by atoms with E-state index in [9.17, 15) is 4.79 Å². The van der Waals surface area contributed by atoms with E-state index in [0.717, 1.165) is 16.8 Å². The van der Waals surface area contributed by atoms with Gasteiger partial charge in [-0.25, -0.2) is 0 Å². The quantitative estimate of drug-likeness (QED) is 0.755. The molecule has 0 aliphatic carbocycles. The Kier molecular flexibility index (Phi) is 2.67. The fourth-order valence-electron chi connectivity index (χ4n) is 3.03. The van der Waals surface area contributed by atoms with E-state index in [1.807, 2.05) is 29.2 Å². The van der Waals surface area contributed by atoms with Crippen molar-refractivity contribution in [1.29, 1.82) is 0 Å². The minimum absolute atomic E-state index is 0.116. The van der Waals surface area contributed by atoms with Gasteiger partial charge in [0.1, 0.15) is 0 Å². The molecule has 2 heteroatoms. The molecule has 0 spiro atoms. The van der Waals surface area contributed by atoms with E-state index in [4.69, 9.17) is 0 Å². The van der Waals surface area contributed by atoms with E-state index in [0.29, 0.717) is 6.54 Å². The number of fused-ring (bicyclic) bond motifs is 1. The van der Waals surface area contributed by atoms with E-state index >= 15 is 0 Å². The summed E-state index contributed by atoms with van der Waals surface area (Å²) in [6.45, 7) is 6.92. The number of carbonyl (C=O) groups excluding carboxylic acids is 1. The molecule has 19 heavy (non-hydrogen) atoms. The zero-order chi connectivity index (χ0) is 13.6. The van der Waals surface area contributed by atoms with Crippen molar-refractivity contribution in [3.05, 3.63) is 64.2 Å². The van der Waals surface area contributed by atoms with Crippen LogP contribution in [0.15, 0.2) is 36.4 Å². The Hall–Kier alpha value is -2.09. The predicted molar refractivity (Wildman–Crippen MR) is 77.6 cm³/mol. The Bertz CT molecular complexity index is 650. The second kappa shape index (κ2) is 4.23. The Morgan fingerprint density at radius 2 is 1.63 bits per heavy atom. The lowest BCUT2D eigenvalue weighted by Crippen LogP contribution is -2.24. The summed E-state index contributed by atoms with van der Waals surface area (Å²) in [6, 6.07) is 12.1. The molecule has 3 rings (SSSR count). The van der Waals surface area contributed by atoms with E-state index in [1.54, 1.807) is 0 Å². The average molecular weight is 251 g/mol. The van der Waals surface area contributed by atoms with Gasteiger partial charge >= 0.3 is 0 Å². The molecule has 0 saturated heterocycles. The topological polar surface area (TPSA) is 20.3 Å². The van der Waals surface area contributed by atoms with Gasteiger partial charge < -0.3 is 4.90 Å². The monoisotopic (exact) mass is 251 g/mol. The summed E-state index contributed by atoms with van der Waals surface area (Å²) in [5, 5.41) is 0. The summed E-state index contributed by atoms with van der Waals surface area (Å²) in [5.41, 5.74) is 6.58. The van der Waals surface area contributed by atoms with Gasteiger partial charge in [0.2, 0.25) is 0 Å². The van der Waals surface area contributed by atoms with Crippen LogP contribution in [0.4, 0.5) is 5.69 Å². The molecular formula is C17H17NO. The van der Waals surface area contributed by atoms with Crippen LogP contribution < -0.4 is 4.90 Å². The van der Waals surface area contributed by atoms with E-state index < -0.39 is 0 Å². The first kappa shape index (κ1) is 12.0. The minimum atomic E-state index is 0.116. The third kappa shape index (κ3) is 1.84. The minimum Gasteiger partial charge on any atom is -0.303 e. The van der Waals surface area contributed by atoms with Crippen molar-refractivity contribution < 1.29 is 4.79 Å². The standard InChI is InChI=1S/C17H17NO/c1-11-8-12(2)16(13(3)9-11)18-10-14-6-4-5-7-15(14)17(18)19/h4-9H,10H2,1-3H3. The normalized spacial score (nSPS) is 13.8. The summed E-state index contributed by atoms with van der Waals surface area (Å²) in [6.07, 6.45) is 0. The molecule has 0 bridgehead atoms. The van der Waals surface area contributed by atoms with Gasteiger partial charge in [0, 0.05) is 5.56 Å². The number of amides is 1. The molecule has 1 aliphatic rings. The average Bonchev–Trinajstić information content (AvgIpc) is 2.66. The Morgan fingerprint density at radius 1 is 1.00 bits per heavy atom. The van der Waals surface area contributed by atoms with Crippen LogP contribution >= 0.6 is 0 Å². The molecule has 96 valence electrons. The Morgan fingerprint density at radius 3 is 2.26 bits per heavy atom. The molecular weight excluding hydrogens is 234 g/mol. The maximum absolute atomic E-state index is 12.5. The molecule has 0 radical (unpaired) electrons. The van der Waals surface area contributed by atoms with E-state index in [-0.39, 0.29) is 5.91 Å². The van der Waals surface area contributed by atoms with Crippen LogP contribution in [0.2, 0.25) is 0 Å². The highest BCUT2D eigenvalue weighted by Gasteiger charge is 2.29. The Balaban J connectivity index is 2.10. The number of hydrogen-bond acceptors (Lipinski definition) is 1. The number of aryl methyl sites for hydroxylation is 3. The van der Waals surface area contributed by atoms with Gasteiger partial charge in [0.15, 0.2) is 0 Å². The maximum atomic E-state index is 12.5. The van der Waals surface area contributed by atoms with Crippen LogP contribution in [0.5, 0.6) is 0 Å². The first-order valence-corrected chi connectivity index (χ1v) is 6.55. The highest BCUT2D eigenvalue weighted by Crippen LogP contribution is 2.33. The first-order valence-electron chi connectivity index (χ1n) is 6.55. The van der Waals surface area contributed by atoms with Crippen LogP contribution in [-0.2, 0) is 6.54 Å². The first-order chi connectivity index (χ1) is 9.08. The van der Waals surface area contributed by atoms with E-state index in [2.05, 4.69) is 32.9 Å². The molecule has 0 fully saturated rings. The van der Waals surface area contributed by atoms with Crippen molar-refractivity contribution in [3.63, 3.8) is 0 Å². The Labute approximate surface area is 113 Å². The lowest BCUT2D eigenvalue weighted by Gasteiger charge is -2.21. The molecule has 2 aromatic rings. The number of carbonyl (C=O) groups is 1. The highest BCUT2D eigenvalue weighted by atomic mass is 16.2. The van der Waals surface area contributed by atoms with Crippen molar-refractivity contribution in [1.82, 2.24) is 0 Å². The highest BCUT2D eigenvalue weighted by molar-refractivity contribution is 6.10. The third-order valence-corrected chi connectivity index (χ3v) is 3.73. The van der Waals surface area contributed by atoms with Crippen molar-refractivity contribution in [2.45, 2.75) is 27.3 Å². The number of anilines is 1. The number of nitrogens with zero attached hydrogens (tertiary/aromatic N) is 1. The summed E-state index contributed by atoms with van der Waals surface area (Å²) in [5.74, 6) is 0.116.